The number of ether oxygens (including phenoxy) is 2. The van der Waals surface area contributed by atoms with E-state index in [0.717, 1.165) is 19.1 Å². The molecule has 1 aliphatic carbocycles. The highest BCUT2D eigenvalue weighted by molar-refractivity contribution is 6.25. The first-order chi connectivity index (χ1) is 11.4. The van der Waals surface area contributed by atoms with E-state index in [9.17, 15) is 14.4 Å². The Morgan fingerprint density at radius 2 is 2.00 bits per heavy atom. The Labute approximate surface area is 141 Å². The zero-order valence-corrected chi connectivity index (χ0v) is 14.4. The molecule has 0 aromatic carbocycles. The van der Waals surface area contributed by atoms with E-state index in [1.807, 2.05) is 6.92 Å². The molecular weight excluding hydrogens is 314 g/mol. The quantitative estimate of drug-likeness (QED) is 0.261. The highest BCUT2D eigenvalue weighted by Crippen LogP contribution is 2.25. The van der Waals surface area contributed by atoms with Gasteiger partial charge in [-0.15, -0.1) is 0 Å². The molecule has 24 heavy (non-hydrogen) atoms. The standard InChI is InChI=1S/C16H25N3O5/c1-4-14(24-12-6-7-12)15(21)19-13(16(22)23-10(2)3)8-5-11(20)9-18-17/h9-10,12-14H,4-8H2,1-3H3,(H,19,21)/t13-,14-/m0/s1. The first-order valence-electron chi connectivity index (χ1n) is 8.23. The number of ketones is 1. The van der Waals surface area contributed by atoms with Crippen LogP contribution in [0.1, 0.15) is 52.9 Å². The molecule has 1 N–H and O–H groups in total. The van der Waals surface area contributed by atoms with Crippen LogP contribution < -0.4 is 5.32 Å². The molecule has 0 spiro atoms. The molecule has 0 unspecified atom stereocenters. The predicted octanol–water partition coefficient (Wildman–Crippen LogP) is 1.03. The molecule has 1 saturated carbocycles. The van der Waals surface area contributed by atoms with Gasteiger partial charge < -0.3 is 20.3 Å². The fraction of sp³-hybridized carbons (Fsp3) is 0.750. The Morgan fingerprint density at radius 3 is 2.50 bits per heavy atom. The van der Waals surface area contributed by atoms with Crippen LogP contribution in [0.5, 0.6) is 0 Å². The summed E-state index contributed by atoms with van der Waals surface area (Å²) in [6, 6.07) is -0.951. The highest BCUT2D eigenvalue weighted by atomic mass is 16.5. The maximum atomic E-state index is 12.3. The molecule has 2 atom stereocenters. The lowest BCUT2D eigenvalue weighted by Gasteiger charge is -2.22. The van der Waals surface area contributed by atoms with Gasteiger partial charge in [0.1, 0.15) is 12.1 Å². The van der Waals surface area contributed by atoms with Gasteiger partial charge >= 0.3 is 12.2 Å². The zero-order valence-electron chi connectivity index (χ0n) is 14.4. The number of nitrogens with one attached hydrogen (secondary N) is 1. The van der Waals surface area contributed by atoms with E-state index in [4.69, 9.17) is 15.0 Å². The van der Waals surface area contributed by atoms with E-state index in [1.54, 1.807) is 13.8 Å². The molecule has 1 rings (SSSR count). The minimum atomic E-state index is -0.951. The monoisotopic (exact) mass is 339 g/mol. The average molecular weight is 339 g/mol. The van der Waals surface area contributed by atoms with Gasteiger partial charge in [-0.2, -0.15) is 4.79 Å². The Morgan fingerprint density at radius 1 is 1.33 bits per heavy atom. The SMILES string of the molecule is CC[C@H](OC1CC1)C(=O)N[C@@H](CCC(=O)C=[N+]=[N-])C(=O)OC(C)C. The minimum absolute atomic E-state index is 0.0531. The van der Waals surface area contributed by atoms with Gasteiger partial charge in [0, 0.05) is 6.42 Å². The summed E-state index contributed by atoms with van der Waals surface area (Å²) >= 11 is 0. The topological polar surface area (TPSA) is 118 Å². The molecule has 0 aromatic rings. The van der Waals surface area contributed by atoms with Crippen molar-refractivity contribution in [1.82, 2.24) is 5.32 Å². The molecule has 0 aromatic heterocycles. The fourth-order valence-corrected chi connectivity index (χ4v) is 2.02. The Bertz CT molecular complexity index is 510. The number of amides is 1. The number of carbonyl (C=O) groups is 3. The van der Waals surface area contributed by atoms with E-state index < -0.39 is 29.8 Å². The van der Waals surface area contributed by atoms with Crippen molar-refractivity contribution in [2.24, 2.45) is 0 Å². The van der Waals surface area contributed by atoms with Gasteiger partial charge in [-0.25, -0.2) is 4.79 Å². The second-order valence-corrected chi connectivity index (χ2v) is 6.03. The van der Waals surface area contributed by atoms with Crippen LogP contribution in [0.15, 0.2) is 0 Å². The molecule has 1 fully saturated rings. The number of nitrogens with zero attached hydrogens (tertiary/aromatic N) is 2. The average Bonchev–Trinajstić information content (AvgIpc) is 3.32. The lowest BCUT2D eigenvalue weighted by Crippen LogP contribution is -2.47. The van der Waals surface area contributed by atoms with Crippen molar-refractivity contribution in [2.75, 3.05) is 0 Å². The van der Waals surface area contributed by atoms with Crippen molar-refractivity contribution in [3.63, 3.8) is 0 Å². The number of hydrogen-bond acceptors (Lipinski definition) is 5. The van der Waals surface area contributed by atoms with E-state index in [0.29, 0.717) is 6.42 Å². The highest BCUT2D eigenvalue weighted by Gasteiger charge is 2.32. The van der Waals surface area contributed by atoms with Crippen LogP contribution in [0.2, 0.25) is 0 Å². The third kappa shape index (κ3) is 7.48. The van der Waals surface area contributed by atoms with Crippen LogP contribution in [0, 0.1) is 0 Å². The summed E-state index contributed by atoms with van der Waals surface area (Å²) in [7, 11) is 0. The van der Waals surface area contributed by atoms with Gasteiger partial charge in [0.25, 0.3) is 0 Å². The van der Waals surface area contributed by atoms with Gasteiger partial charge in [0.15, 0.2) is 0 Å². The van der Waals surface area contributed by atoms with Crippen molar-refractivity contribution in [2.45, 2.75) is 77.2 Å². The fourth-order valence-electron chi connectivity index (χ4n) is 2.02. The van der Waals surface area contributed by atoms with Crippen molar-refractivity contribution in [3.05, 3.63) is 5.53 Å². The van der Waals surface area contributed by atoms with E-state index in [-0.39, 0.29) is 25.0 Å². The number of Topliss-reactive ketones (excluding diaryl/α,β-unsaturated/α-hetero) is 1. The van der Waals surface area contributed by atoms with Gasteiger partial charge in [0.05, 0.1) is 12.2 Å². The summed E-state index contributed by atoms with van der Waals surface area (Å²) in [4.78, 5) is 38.5. The van der Waals surface area contributed by atoms with Gasteiger partial charge in [-0.1, -0.05) is 6.92 Å². The number of carbonyl (C=O) groups excluding carboxylic acids is 3. The molecule has 0 aliphatic heterocycles. The summed E-state index contributed by atoms with van der Waals surface area (Å²) in [6.45, 7) is 5.23. The molecule has 8 heteroatoms. The molecule has 0 saturated heterocycles. The molecule has 0 bridgehead atoms. The van der Waals surface area contributed by atoms with Crippen molar-refractivity contribution < 1.29 is 28.6 Å². The largest absolute Gasteiger partial charge is 0.461 e. The maximum absolute atomic E-state index is 12.3. The Hall–Kier alpha value is -2.05. The number of rotatable bonds is 11. The van der Waals surface area contributed by atoms with Gasteiger partial charge in [-0.05, 0) is 39.5 Å². The Balaban J connectivity index is 2.67. The van der Waals surface area contributed by atoms with Crippen molar-refractivity contribution >= 4 is 23.9 Å². The molecular formula is C16H25N3O5. The van der Waals surface area contributed by atoms with Crippen LogP contribution in [-0.4, -0.2) is 53.0 Å². The van der Waals surface area contributed by atoms with Crippen LogP contribution in [0.4, 0.5) is 0 Å². The predicted molar refractivity (Wildman–Crippen MR) is 85.3 cm³/mol. The third-order valence-corrected chi connectivity index (χ3v) is 3.38. The second kappa shape index (κ2) is 9.95. The summed E-state index contributed by atoms with van der Waals surface area (Å²) in [5, 5.41) is 2.61. The van der Waals surface area contributed by atoms with Crippen LogP contribution in [0.25, 0.3) is 5.53 Å². The van der Waals surface area contributed by atoms with Crippen LogP contribution in [0.3, 0.4) is 0 Å². The zero-order chi connectivity index (χ0) is 18.1. The molecule has 0 heterocycles. The molecule has 1 aliphatic rings. The minimum Gasteiger partial charge on any atom is -0.461 e. The first-order valence-corrected chi connectivity index (χ1v) is 8.23. The first kappa shape index (κ1) is 20.0. The van der Waals surface area contributed by atoms with E-state index >= 15 is 0 Å². The van der Waals surface area contributed by atoms with Gasteiger partial charge in [0.2, 0.25) is 11.7 Å². The molecule has 8 nitrogen and oxygen atoms in total. The van der Waals surface area contributed by atoms with Gasteiger partial charge in [-0.3, -0.25) is 9.59 Å². The Kier molecular flexibility index (Phi) is 8.29. The van der Waals surface area contributed by atoms with Crippen molar-refractivity contribution in [3.8, 4) is 0 Å². The molecule has 134 valence electrons. The maximum Gasteiger partial charge on any atom is 0.328 e. The molecule has 0 radical (unpaired) electrons. The van der Waals surface area contributed by atoms with Crippen LogP contribution in [-0.2, 0) is 23.9 Å². The molecule has 1 amide bonds. The summed E-state index contributed by atoms with van der Waals surface area (Å²) in [5.74, 6) is -1.44. The number of esters is 1. The smallest absolute Gasteiger partial charge is 0.328 e. The summed E-state index contributed by atoms with van der Waals surface area (Å²) in [5.41, 5.74) is 8.34. The second-order valence-electron chi connectivity index (χ2n) is 6.03. The van der Waals surface area contributed by atoms with Crippen LogP contribution >= 0.6 is 0 Å². The third-order valence-electron chi connectivity index (χ3n) is 3.38. The normalized spacial score (nSPS) is 16.0. The van der Waals surface area contributed by atoms with E-state index in [2.05, 4.69) is 10.1 Å². The van der Waals surface area contributed by atoms with E-state index in [1.165, 1.54) is 0 Å². The lowest BCUT2D eigenvalue weighted by atomic mass is 10.1. The lowest BCUT2D eigenvalue weighted by molar-refractivity contribution is -0.153. The summed E-state index contributed by atoms with van der Waals surface area (Å²) in [6.07, 6.45) is 2.30. The summed E-state index contributed by atoms with van der Waals surface area (Å²) < 4.78 is 10.7. The number of hydrogen-bond donors (Lipinski definition) is 1. The van der Waals surface area contributed by atoms with Crippen molar-refractivity contribution in [1.29, 1.82) is 0 Å².